The molecular weight excluding hydrogens is 1830 g/mol. The fraction of sp³-hybridized carbons (Fsp3) is 0.0438. The van der Waals surface area contributed by atoms with Crippen LogP contribution < -0.4 is 0 Å². The number of aryl methyl sites for hydroxylation is 6. The van der Waals surface area contributed by atoms with Crippen LogP contribution in [0.2, 0.25) is 0 Å². The molecule has 0 N–H and O–H groups in total. The van der Waals surface area contributed by atoms with Gasteiger partial charge in [-0.1, -0.05) is 507 Å². The first-order valence-corrected chi connectivity index (χ1v) is 50.1. The molecule has 150 heavy (non-hydrogen) atoms. The van der Waals surface area contributed by atoms with Gasteiger partial charge in [-0.05, 0) is 140 Å². The van der Waals surface area contributed by atoms with Crippen molar-refractivity contribution in [3.05, 3.63) is 561 Å². The van der Waals surface area contributed by atoms with Gasteiger partial charge >= 0.3 is 0 Å². The van der Waals surface area contributed by atoms with E-state index < -0.39 is 0 Å². The van der Waals surface area contributed by atoms with Gasteiger partial charge in [-0.15, -0.1) is 0 Å². The second-order valence-corrected chi connectivity index (χ2v) is 36.7. The Morgan fingerprint density at radius 3 is 0.540 bits per heavy atom. The van der Waals surface area contributed by atoms with Crippen molar-refractivity contribution in [1.82, 2.24) is 64.8 Å². The minimum absolute atomic E-state index is 0.668. The molecule has 24 aromatic rings. The van der Waals surface area contributed by atoms with Crippen molar-refractivity contribution in [3.63, 3.8) is 0 Å². The van der Waals surface area contributed by atoms with Gasteiger partial charge in [0, 0.05) is 83.5 Å². The zero-order chi connectivity index (χ0) is 102. The Kier molecular flexibility index (Phi) is 30.8. The molecule has 0 atom stereocenters. The van der Waals surface area contributed by atoms with Crippen LogP contribution in [0.5, 0.6) is 0 Å². The smallest absolute Gasteiger partial charge is 0.164 e. The van der Waals surface area contributed by atoms with E-state index in [4.69, 9.17) is 64.8 Å². The van der Waals surface area contributed by atoms with Crippen LogP contribution in [-0.2, 0) is 0 Å². The van der Waals surface area contributed by atoms with Crippen molar-refractivity contribution >= 4 is 0 Å². The highest BCUT2D eigenvalue weighted by Crippen LogP contribution is 2.38. The van der Waals surface area contributed by atoms with Crippen molar-refractivity contribution in [1.29, 1.82) is 0 Å². The normalized spacial score (nSPS) is 10.7. The standard InChI is InChI=1S/C29H22N2.3C28H21N3.C24H20N2/c1-21-17-25(22-11-5-2-6-12-22)19-26(18-21)29-30-27(23-13-7-3-8-14-23)20-28(31-29)24-15-9-4-10-16-24;1-20-10-8-15-23(18-20)24-16-9-17-25(19-24)28-30-26(21-11-4-2-5-12-21)29-27(31-28)22-13-6-3-7-14-22;1-20-15-17-21(18-16-20)24-13-8-14-25(19-24)28-30-26(22-9-4-2-5-10-22)29-27(31-28)23-11-6-3-7-12-23;1-20-12-14-21(15-13-20)22-16-18-25(19-17-22)28-30-26(23-8-4-2-5-9-23)29-27(31-28)24-10-6-3-7-11-24;1-17-13-18(2)15-21(14-17)24-25-22(19-9-5-3-6-10-19)16-23(26-24)20-11-7-4-8-12-20/h2-20H,1H3;3*2-19H,1H3;3-16H,1-2H3. The molecule has 13 nitrogen and oxygen atoms in total. The topological polar surface area (TPSA) is 168 Å². The van der Waals surface area contributed by atoms with E-state index in [2.05, 4.69) is 308 Å². The number of hydrogen-bond acceptors (Lipinski definition) is 13. The predicted molar refractivity (Wildman–Crippen MR) is 615 cm³/mol. The maximum Gasteiger partial charge on any atom is 0.164 e. The summed E-state index contributed by atoms with van der Waals surface area (Å²) >= 11 is 0. The van der Waals surface area contributed by atoms with Gasteiger partial charge in [0.05, 0.1) is 22.8 Å². The molecule has 24 rings (SSSR count). The van der Waals surface area contributed by atoms with E-state index in [9.17, 15) is 0 Å². The van der Waals surface area contributed by atoms with E-state index in [1.807, 2.05) is 261 Å². The van der Waals surface area contributed by atoms with Crippen LogP contribution in [0.4, 0.5) is 0 Å². The quantitative estimate of drug-likeness (QED) is 0.0751. The van der Waals surface area contributed by atoms with Gasteiger partial charge in [0.1, 0.15) is 0 Å². The lowest BCUT2D eigenvalue weighted by Gasteiger charge is -2.11. The third-order valence-electron chi connectivity index (χ3n) is 25.3. The maximum atomic E-state index is 4.96. The highest BCUT2D eigenvalue weighted by atomic mass is 15.1. The van der Waals surface area contributed by atoms with Crippen LogP contribution >= 0.6 is 0 Å². The molecule has 0 unspecified atom stereocenters. The molecule has 13 heteroatoms. The molecule has 718 valence electrons. The molecule has 5 aromatic heterocycles. The van der Waals surface area contributed by atoms with Crippen LogP contribution in [0.25, 0.3) is 215 Å². The van der Waals surface area contributed by atoms with Gasteiger partial charge in [0.2, 0.25) is 0 Å². The summed E-state index contributed by atoms with van der Waals surface area (Å²) in [5, 5.41) is 0. The summed E-state index contributed by atoms with van der Waals surface area (Å²) in [5.74, 6) is 7.54. The van der Waals surface area contributed by atoms with Crippen LogP contribution in [0.3, 0.4) is 0 Å². The van der Waals surface area contributed by atoms with Crippen LogP contribution in [-0.4, -0.2) is 64.8 Å². The van der Waals surface area contributed by atoms with Crippen molar-refractivity contribution in [2.24, 2.45) is 0 Å². The number of nitrogens with zero attached hydrogens (tertiary/aromatic N) is 13. The molecule has 0 bridgehead atoms. The molecule has 0 aliphatic carbocycles. The molecule has 0 fully saturated rings. The van der Waals surface area contributed by atoms with Gasteiger partial charge in [-0.2, -0.15) is 0 Å². The molecular formula is C137H105N13. The summed E-state index contributed by atoms with van der Waals surface area (Å²) in [7, 11) is 0. The summed E-state index contributed by atoms with van der Waals surface area (Å²) < 4.78 is 0. The molecule has 0 saturated carbocycles. The number of benzene rings is 19. The average Bonchev–Trinajstić information content (AvgIpc) is 0.801. The second-order valence-electron chi connectivity index (χ2n) is 36.7. The Labute approximate surface area is 876 Å². The Bertz CT molecular complexity index is 8340. The SMILES string of the molecule is Cc1cc(-c2ccccc2)cc(-c2nc(-c3ccccc3)cc(-c3ccccc3)n2)c1.Cc1cc(C)cc(-c2nc(-c3ccccc3)cc(-c3ccccc3)n2)c1.Cc1ccc(-c2ccc(-c3nc(-c4ccccc4)nc(-c4ccccc4)n3)cc2)cc1.Cc1ccc(-c2cccc(-c3nc(-c4ccccc4)nc(-c4ccccc4)n3)c2)cc1.Cc1cccc(-c2cccc(-c3nc(-c4ccccc4)nc(-c4ccccc4)n3)c2)c1. The van der Waals surface area contributed by atoms with Crippen molar-refractivity contribution in [3.8, 4) is 215 Å². The average molecular weight is 1930 g/mol. The Morgan fingerprint density at radius 2 is 0.253 bits per heavy atom. The second kappa shape index (κ2) is 47.3. The summed E-state index contributed by atoms with van der Waals surface area (Å²) in [6.45, 7) is 12.6. The first-order chi connectivity index (χ1) is 73.7. The molecule has 5 heterocycles. The summed E-state index contributed by atoms with van der Waals surface area (Å²) in [4.78, 5) is 62.9. The lowest BCUT2D eigenvalue weighted by molar-refractivity contribution is 1.07. The predicted octanol–water partition coefficient (Wildman–Crippen LogP) is 34.1. The maximum absolute atomic E-state index is 4.96. The van der Waals surface area contributed by atoms with E-state index in [0.29, 0.717) is 52.4 Å². The van der Waals surface area contributed by atoms with Crippen molar-refractivity contribution in [2.45, 2.75) is 41.5 Å². The molecule has 0 aliphatic rings. The molecule has 19 aromatic carbocycles. The summed E-state index contributed by atoms with van der Waals surface area (Å²) in [5.41, 5.74) is 35.6. The molecule has 0 aliphatic heterocycles. The van der Waals surface area contributed by atoms with E-state index in [1.165, 1.54) is 66.8 Å². The van der Waals surface area contributed by atoms with E-state index in [-0.39, 0.29) is 0 Å². The molecule has 0 radical (unpaired) electrons. The van der Waals surface area contributed by atoms with E-state index >= 15 is 0 Å². The summed E-state index contributed by atoms with van der Waals surface area (Å²) in [6.07, 6.45) is 0. The van der Waals surface area contributed by atoms with Gasteiger partial charge in [-0.25, -0.2) is 64.8 Å². The number of aromatic nitrogens is 13. The molecule has 0 amide bonds. The first-order valence-electron chi connectivity index (χ1n) is 50.1. The van der Waals surface area contributed by atoms with Gasteiger partial charge < -0.3 is 0 Å². The number of rotatable bonds is 19. The third kappa shape index (κ3) is 25.0. The fourth-order valence-electron chi connectivity index (χ4n) is 17.6. The van der Waals surface area contributed by atoms with Crippen molar-refractivity contribution in [2.75, 3.05) is 0 Å². The Balaban J connectivity index is 0.000000113. The van der Waals surface area contributed by atoms with Gasteiger partial charge in [0.15, 0.2) is 64.1 Å². The van der Waals surface area contributed by atoms with Crippen LogP contribution in [0, 0.1) is 41.5 Å². The van der Waals surface area contributed by atoms with Gasteiger partial charge in [-0.3, -0.25) is 0 Å². The Hall–Kier alpha value is -19.6. The molecule has 0 spiro atoms. The zero-order valence-corrected chi connectivity index (χ0v) is 84.0. The van der Waals surface area contributed by atoms with Gasteiger partial charge in [0.25, 0.3) is 0 Å². The van der Waals surface area contributed by atoms with Crippen LogP contribution in [0.15, 0.2) is 528 Å². The largest absolute Gasteiger partial charge is 0.228 e. The monoisotopic (exact) mass is 1930 g/mol. The molecule has 0 saturated heterocycles. The highest BCUT2D eigenvalue weighted by molar-refractivity contribution is 5.81. The van der Waals surface area contributed by atoms with E-state index in [0.717, 1.165) is 129 Å². The highest BCUT2D eigenvalue weighted by Gasteiger charge is 2.21. The zero-order valence-electron chi connectivity index (χ0n) is 84.0. The Morgan fingerprint density at radius 1 is 0.0867 bits per heavy atom. The van der Waals surface area contributed by atoms with Crippen molar-refractivity contribution < 1.29 is 0 Å². The minimum Gasteiger partial charge on any atom is -0.228 e. The summed E-state index contributed by atoms with van der Waals surface area (Å²) in [6, 6.07) is 180. The van der Waals surface area contributed by atoms with Crippen LogP contribution in [0.1, 0.15) is 33.4 Å². The fourth-order valence-corrected chi connectivity index (χ4v) is 17.6. The first kappa shape index (κ1) is 97.8. The minimum atomic E-state index is 0.668. The lowest BCUT2D eigenvalue weighted by atomic mass is 9.99. The van der Waals surface area contributed by atoms with E-state index in [1.54, 1.807) is 0 Å². The lowest BCUT2D eigenvalue weighted by Crippen LogP contribution is -2.00. The third-order valence-corrected chi connectivity index (χ3v) is 25.3. The number of hydrogen-bond donors (Lipinski definition) is 0.